The number of ether oxygens (including phenoxy) is 3. The summed E-state index contributed by atoms with van der Waals surface area (Å²) in [7, 11) is 6.81. The number of hydrogen-bond acceptors (Lipinski definition) is 5. The molecule has 0 unspecified atom stereocenters. The SMILES string of the molecule is COc1ccc(C(=O)C[n+]2ccc3c(c2)nc(-c2ccc(OC)cc2OC)n3C)cc1.[Br-]. The molecule has 7 nitrogen and oxygen atoms in total. The lowest BCUT2D eigenvalue weighted by atomic mass is 10.1. The van der Waals surface area contributed by atoms with Crippen LogP contribution in [0.4, 0.5) is 0 Å². The van der Waals surface area contributed by atoms with Crippen LogP contribution >= 0.6 is 0 Å². The van der Waals surface area contributed by atoms with Gasteiger partial charge in [0, 0.05) is 24.7 Å². The number of ketones is 1. The molecule has 32 heavy (non-hydrogen) atoms. The van der Waals surface area contributed by atoms with Gasteiger partial charge in [-0.15, -0.1) is 0 Å². The van der Waals surface area contributed by atoms with Gasteiger partial charge >= 0.3 is 0 Å². The zero-order valence-corrected chi connectivity index (χ0v) is 19.9. The number of aromatic nitrogens is 3. The third-order valence-corrected chi connectivity index (χ3v) is 5.27. The fraction of sp³-hybridized carbons (Fsp3) is 0.208. The summed E-state index contributed by atoms with van der Waals surface area (Å²) >= 11 is 0. The average Bonchev–Trinajstić information content (AvgIpc) is 3.14. The zero-order valence-electron chi connectivity index (χ0n) is 18.3. The number of nitrogens with zero attached hydrogens (tertiary/aromatic N) is 3. The zero-order chi connectivity index (χ0) is 22.0. The van der Waals surface area contributed by atoms with Crippen LogP contribution in [0, 0.1) is 0 Å². The highest BCUT2D eigenvalue weighted by Crippen LogP contribution is 2.33. The van der Waals surface area contributed by atoms with E-state index in [2.05, 4.69) is 0 Å². The first-order valence-corrected chi connectivity index (χ1v) is 9.79. The molecular formula is C24H24BrN3O4. The van der Waals surface area contributed by atoms with Crippen molar-refractivity contribution in [1.29, 1.82) is 0 Å². The summed E-state index contributed by atoms with van der Waals surface area (Å²) in [6.45, 7) is 0.222. The highest BCUT2D eigenvalue weighted by atomic mass is 79.9. The Morgan fingerprint density at radius 1 is 0.969 bits per heavy atom. The molecular weight excluding hydrogens is 474 g/mol. The van der Waals surface area contributed by atoms with Gasteiger partial charge in [-0.05, 0) is 36.4 Å². The number of methoxy groups -OCH3 is 3. The number of imidazole rings is 1. The number of fused-ring (bicyclic) bond motifs is 1. The van der Waals surface area contributed by atoms with Crippen molar-refractivity contribution in [2.24, 2.45) is 7.05 Å². The predicted molar refractivity (Wildman–Crippen MR) is 117 cm³/mol. The van der Waals surface area contributed by atoms with E-state index in [1.165, 1.54) is 0 Å². The molecule has 0 atom stereocenters. The molecule has 2 aromatic heterocycles. The van der Waals surface area contributed by atoms with E-state index in [9.17, 15) is 4.79 Å². The van der Waals surface area contributed by atoms with Crippen LogP contribution in [0.5, 0.6) is 17.2 Å². The van der Waals surface area contributed by atoms with Crippen LogP contribution in [-0.2, 0) is 13.6 Å². The lowest BCUT2D eigenvalue weighted by molar-refractivity contribution is -0.681. The Kier molecular flexibility index (Phi) is 7.15. The van der Waals surface area contributed by atoms with Crippen LogP contribution in [-0.4, -0.2) is 36.7 Å². The molecule has 166 valence electrons. The van der Waals surface area contributed by atoms with Crippen molar-refractivity contribution in [3.8, 4) is 28.6 Å². The molecule has 0 aliphatic rings. The average molecular weight is 498 g/mol. The molecule has 0 amide bonds. The fourth-order valence-corrected chi connectivity index (χ4v) is 3.55. The van der Waals surface area contributed by atoms with Crippen LogP contribution in [0.2, 0.25) is 0 Å². The smallest absolute Gasteiger partial charge is 0.227 e. The highest BCUT2D eigenvalue weighted by molar-refractivity contribution is 5.95. The van der Waals surface area contributed by atoms with Crippen molar-refractivity contribution in [2.75, 3.05) is 21.3 Å². The lowest BCUT2D eigenvalue weighted by Crippen LogP contribution is -3.00. The molecule has 0 aliphatic carbocycles. The second kappa shape index (κ2) is 9.82. The summed E-state index contributed by atoms with van der Waals surface area (Å²) in [5, 5.41) is 0. The monoisotopic (exact) mass is 497 g/mol. The molecule has 0 saturated carbocycles. The summed E-state index contributed by atoms with van der Waals surface area (Å²) < 4.78 is 19.8. The maximum atomic E-state index is 12.7. The molecule has 0 bridgehead atoms. The van der Waals surface area contributed by atoms with E-state index in [0.29, 0.717) is 17.1 Å². The van der Waals surface area contributed by atoms with Crippen LogP contribution in [0.3, 0.4) is 0 Å². The van der Waals surface area contributed by atoms with E-state index >= 15 is 0 Å². The molecule has 0 radical (unpaired) electrons. The summed E-state index contributed by atoms with van der Waals surface area (Å²) in [4.78, 5) is 17.5. The Morgan fingerprint density at radius 3 is 2.31 bits per heavy atom. The molecule has 0 aliphatic heterocycles. The van der Waals surface area contributed by atoms with Crippen LogP contribution < -0.4 is 35.8 Å². The van der Waals surface area contributed by atoms with Crippen LogP contribution in [0.1, 0.15) is 10.4 Å². The van der Waals surface area contributed by atoms with Gasteiger partial charge in [-0.2, -0.15) is 4.57 Å². The Morgan fingerprint density at radius 2 is 1.66 bits per heavy atom. The second-order valence-electron chi connectivity index (χ2n) is 7.10. The molecule has 4 rings (SSSR count). The minimum Gasteiger partial charge on any atom is -1.00 e. The van der Waals surface area contributed by atoms with Gasteiger partial charge in [0.1, 0.15) is 23.1 Å². The first-order valence-electron chi connectivity index (χ1n) is 9.79. The van der Waals surface area contributed by atoms with Crippen molar-refractivity contribution in [2.45, 2.75) is 6.54 Å². The Balaban J connectivity index is 0.00000289. The molecule has 0 N–H and O–H groups in total. The number of Topliss-reactive ketones (excluding diaryl/α,β-unsaturated/α-hetero) is 1. The van der Waals surface area contributed by atoms with Gasteiger partial charge in [0.25, 0.3) is 0 Å². The number of halogens is 1. The first kappa shape index (κ1) is 23.3. The van der Waals surface area contributed by atoms with Crippen molar-refractivity contribution in [1.82, 2.24) is 9.55 Å². The third-order valence-electron chi connectivity index (χ3n) is 5.27. The number of carbonyl (C=O) groups is 1. The normalized spacial score (nSPS) is 10.5. The summed E-state index contributed by atoms with van der Waals surface area (Å²) in [6, 6.07) is 14.7. The van der Waals surface area contributed by atoms with Crippen LogP contribution in [0.15, 0.2) is 60.9 Å². The Bertz CT molecular complexity index is 1250. The molecule has 0 fully saturated rings. The van der Waals surface area contributed by atoms with E-state index in [4.69, 9.17) is 19.2 Å². The molecule has 8 heteroatoms. The van der Waals surface area contributed by atoms with E-state index in [-0.39, 0.29) is 29.3 Å². The van der Waals surface area contributed by atoms with Crippen molar-refractivity contribution in [3.63, 3.8) is 0 Å². The van der Waals surface area contributed by atoms with E-state index in [1.807, 2.05) is 52.8 Å². The number of hydrogen-bond donors (Lipinski definition) is 0. The van der Waals surface area contributed by atoms with Gasteiger partial charge in [-0.1, -0.05) is 0 Å². The highest BCUT2D eigenvalue weighted by Gasteiger charge is 2.19. The van der Waals surface area contributed by atoms with E-state index < -0.39 is 0 Å². The minimum absolute atomic E-state index is 0. The van der Waals surface area contributed by atoms with E-state index in [1.54, 1.807) is 45.6 Å². The molecule has 0 saturated heterocycles. The van der Waals surface area contributed by atoms with Crippen LogP contribution in [0.25, 0.3) is 22.4 Å². The predicted octanol–water partition coefficient (Wildman–Crippen LogP) is 0.441. The number of pyridine rings is 1. The topological polar surface area (TPSA) is 66.5 Å². The first-order chi connectivity index (χ1) is 15.0. The Hall–Kier alpha value is -3.39. The van der Waals surface area contributed by atoms with Gasteiger partial charge in [0.05, 0.1) is 32.4 Å². The number of carbonyl (C=O) groups excluding carboxylic acids is 1. The van der Waals surface area contributed by atoms with Gasteiger partial charge in [-0.3, -0.25) is 4.79 Å². The molecule has 2 heterocycles. The summed E-state index contributed by atoms with van der Waals surface area (Å²) in [5.41, 5.74) is 3.25. The minimum atomic E-state index is 0. The lowest BCUT2D eigenvalue weighted by Gasteiger charge is -2.10. The fourth-order valence-electron chi connectivity index (χ4n) is 3.55. The summed E-state index contributed by atoms with van der Waals surface area (Å²) in [5.74, 6) is 2.91. The maximum Gasteiger partial charge on any atom is 0.227 e. The van der Waals surface area contributed by atoms with Crippen molar-refractivity contribution in [3.05, 3.63) is 66.5 Å². The second-order valence-corrected chi connectivity index (χ2v) is 7.10. The molecule has 0 spiro atoms. The number of aryl methyl sites for hydroxylation is 1. The number of benzene rings is 2. The quantitative estimate of drug-likeness (QED) is 0.274. The van der Waals surface area contributed by atoms with Crippen molar-refractivity contribution < 1.29 is 40.6 Å². The van der Waals surface area contributed by atoms with Gasteiger partial charge in [-0.25, -0.2) is 4.98 Å². The van der Waals surface area contributed by atoms with Gasteiger partial charge in [0.2, 0.25) is 12.3 Å². The van der Waals surface area contributed by atoms with Gasteiger partial charge in [0.15, 0.2) is 17.9 Å². The Labute approximate surface area is 197 Å². The largest absolute Gasteiger partial charge is 1.00 e. The standard InChI is InChI=1S/C24H24N3O4.BrH/c1-26-21-11-12-27(15-22(28)16-5-7-17(29-2)8-6-16)14-20(21)25-24(26)19-10-9-18(30-3)13-23(19)31-4;/h5-14H,15H2,1-4H3;1H/q+1;/p-1. The maximum absolute atomic E-state index is 12.7. The van der Waals surface area contributed by atoms with Crippen molar-refractivity contribution >= 4 is 16.8 Å². The summed E-state index contributed by atoms with van der Waals surface area (Å²) in [6.07, 6.45) is 3.77. The van der Waals surface area contributed by atoms with E-state index in [0.717, 1.165) is 28.2 Å². The van der Waals surface area contributed by atoms with Gasteiger partial charge < -0.3 is 35.8 Å². The number of rotatable bonds is 7. The molecule has 2 aromatic carbocycles. The molecule has 4 aromatic rings. The third kappa shape index (κ3) is 4.45.